The number of hydrogen-bond acceptors (Lipinski definition) is 2. The van der Waals surface area contributed by atoms with Gasteiger partial charge in [-0.25, -0.2) is 4.79 Å². The second kappa shape index (κ2) is 8.15. The molecule has 0 unspecified atom stereocenters. The standard InChI is InChI=1S/C19H23N3O2/c1-13-8-9-15(14(2)11-13)6-4-10-21-18(23)16-5-3-7-17(12-16)22-19(20)24/h3,5,7-9,11-12H,4,6,10H2,1-2H3,(H,21,23)(H3,20,22,24). The molecular weight excluding hydrogens is 302 g/mol. The molecule has 3 amide bonds. The fraction of sp³-hybridized carbons (Fsp3) is 0.263. The van der Waals surface area contributed by atoms with Crippen LogP contribution in [0.3, 0.4) is 0 Å². The Hall–Kier alpha value is -2.82. The van der Waals surface area contributed by atoms with Crippen LogP contribution in [0.4, 0.5) is 10.5 Å². The average molecular weight is 325 g/mol. The zero-order valence-corrected chi connectivity index (χ0v) is 14.1. The van der Waals surface area contributed by atoms with Crippen molar-refractivity contribution in [2.24, 2.45) is 5.73 Å². The van der Waals surface area contributed by atoms with Crippen molar-refractivity contribution in [2.75, 3.05) is 11.9 Å². The molecule has 0 saturated carbocycles. The van der Waals surface area contributed by atoms with E-state index < -0.39 is 6.03 Å². The number of nitrogens with two attached hydrogens (primary N) is 1. The summed E-state index contributed by atoms with van der Waals surface area (Å²) in [6.45, 7) is 4.79. The smallest absolute Gasteiger partial charge is 0.316 e. The van der Waals surface area contributed by atoms with Gasteiger partial charge in [0, 0.05) is 17.8 Å². The molecule has 24 heavy (non-hydrogen) atoms. The van der Waals surface area contributed by atoms with E-state index in [-0.39, 0.29) is 5.91 Å². The summed E-state index contributed by atoms with van der Waals surface area (Å²) in [4.78, 5) is 23.0. The highest BCUT2D eigenvalue weighted by Gasteiger charge is 2.07. The van der Waals surface area contributed by atoms with Crippen LogP contribution in [0.15, 0.2) is 42.5 Å². The van der Waals surface area contributed by atoms with E-state index in [9.17, 15) is 9.59 Å². The van der Waals surface area contributed by atoms with Gasteiger partial charge in [-0.1, -0.05) is 29.8 Å². The van der Waals surface area contributed by atoms with E-state index in [0.717, 1.165) is 12.8 Å². The van der Waals surface area contributed by atoms with Crippen LogP contribution in [-0.2, 0) is 6.42 Å². The molecule has 0 aliphatic heterocycles. The number of rotatable bonds is 6. The Balaban J connectivity index is 1.84. The minimum absolute atomic E-state index is 0.163. The lowest BCUT2D eigenvalue weighted by atomic mass is 10.0. The molecule has 4 N–H and O–H groups in total. The molecule has 0 aliphatic carbocycles. The van der Waals surface area contributed by atoms with E-state index in [4.69, 9.17) is 5.73 Å². The first-order chi connectivity index (χ1) is 11.5. The highest BCUT2D eigenvalue weighted by molar-refractivity contribution is 5.96. The number of nitrogens with one attached hydrogen (secondary N) is 2. The molecule has 0 saturated heterocycles. The van der Waals surface area contributed by atoms with E-state index in [1.165, 1.54) is 16.7 Å². The van der Waals surface area contributed by atoms with Crippen molar-refractivity contribution in [3.05, 3.63) is 64.7 Å². The van der Waals surface area contributed by atoms with Crippen molar-refractivity contribution in [3.63, 3.8) is 0 Å². The van der Waals surface area contributed by atoms with Gasteiger partial charge in [-0.3, -0.25) is 4.79 Å². The molecule has 126 valence electrons. The van der Waals surface area contributed by atoms with Crippen LogP contribution in [0.25, 0.3) is 0 Å². The molecular formula is C19H23N3O2. The number of hydrogen-bond donors (Lipinski definition) is 3. The van der Waals surface area contributed by atoms with Crippen LogP contribution < -0.4 is 16.4 Å². The second-order valence-corrected chi connectivity index (χ2v) is 5.86. The van der Waals surface area contributed by atoms with Gasteiger partial charge in [-0.2, -0.15) is 0 Å². The van der Waals surface area contributed by atoms with Gasteiger partial charge in [0.15, 0.2) is 0 Å². The monoisotopic (exact) mass is 325 g/mol. The third-order valence-corrected chi connectivity index (χ3v) is 3.80. The molecule has 5 heteroatoms. The number of benzene rings is 2. The average Bonchev–Trinajstić information content (AvgIpc) is 2.52. The van der Waals surface area contributed by atoms with E-state index in [1.807, 2.05) is 0 Å². The Morgan fingerprint density at radius 1 is 1.08 bits per heavy atom. The van der Waals surface area contributed by atoms with Crippen LogP contribution in [0.5, 0.6) is 0 Å². The lowest BCUT2D eigenvalue weighted by molar-refractivity contribution is 0.0953. The van der Waals surface area contributed by atoms with Crippen LogP contribution >= 0.6 is 0 Å². The van der Waals surface area contributed by atoms with Crippen molar-refractivity contribution in [3.8, 4) is 0 Å². The molecule has 5 nitrogen and oxygen atoms in total. The first-order valence-corrected chi connectivity index (χ1v) is 7.96. The second-order valence-electron chi connectivity index (χ2n) is 5.86. The minimum atomic E-state index is -0.652. The van der Waals surface area contributed by atoms with Crippen molar-refractivity contribution in [1.82, 2.24) is 5.32 Å². The maximum atomic E-state index is 12.2. The Morgan fingerprint density at radius 3 is 2.58 bits per heavy atom. The Morgan fingerprint density at radius 2 is 1.88 bits per heavy atom. The van der Waals surface area contributed by atoms with Gasteiger partial charge in [0.1, 0.15) is 0 Å². The molecule has 0 spiro atoms. The normalized spacial score (nSPS) is 10.2. The van der Waals surface area contributed by atoms with Gasteiger partial charge in [-0.15, -0.1) is 0 Å². The van der Waals surface area contributed by atoms with Crippen LogP contribution in [0, 0.1) is 13.8 Å². The maximum Gasteiger partial charge on any atom is 0.316 e. The summed E-state index contributed by atoms with van der Waals surface area (Å²) in [5.41, 5.74) is 9.92. The molecule has 2 rings (SSSR count). The predicted molar refractivity (Wildman–Crippen MR) is 96.2 cm³/mol. The van der Waals surface area contributed by atoms with Gasteiger partial charge in [0.05, 0.1) is 0 Å². The summed E-state index contributed by atoms with van der Waals surface area (Å²) in [5.74, 6) is -0.163. The molecule has 0 aliphatic rings. The summed E-state index contributed by atoms with van der Waals surface area (Å²) in [6.07, 6.45) is 1.80. The first-order valence-electron chi connectivity index (χ1n) is 7.96. The SMILES string of the molecule is Cc1ccc(CCCNC(=O)c2cccc(NC(N)=O)c2)c(C)c1. The Bertz CT molecular complexity index is 741. The lowest BCUT2D eigenvalue weighted by Gasteiger charge is -2.09. The molecule has 2 aromatic rings. The fourth-order valence-electron chi connectivity index (χ4n) is 2.59. The summed E-state index contributed by atoms with van der Waals surface area (Å²) in [6, 6.07) is 12.5. The number of aryl methyl sites for hydroxylation is 3. The zero-order valence-electron chi connectivity index (χ0n) is 14.1. The number of anilines is 1. The molecule has 0 radical (unpaired) electrons. The van der Waals surface area contributed by atoms with Gasteiger partial charge < -0.3 is 16.4 Å². The highest BCUT2D eigenvalue weighted by atomic mass is 16.2. The van der Waals surface area contributed by atoms with Crippen molar-refractivity contribution >= 4 is 17.6 Å². The van der Waals surface area contributed by atoms with Crippen LogP contribution in [-0.4, -0.2) is 18.5 Å². The first kappa shape index (κ1) is 17.5. The number of carbonyl (C=O) groups is 2. The zero-order chi connectivity index (χ0) is 17.5. The van der Waals surface area contributed by atoms with Crippen LogP contribution in [0.1, 0.15) is 33.5 Å². The van der Waals surface area contributed by atoms with E-state index >= 15 is 0 Å². The quantitative estimate of drug-likeness (QED) is 0.713. The molecule has 0 aromatic heterocycles. The molecule has 0 fully saturated rings. The van der Waals surface area contributed by atoms with Crippen molar-refractivity contribution in [2.45, 2.75) is 26.7 Å². The number of carbonyl (C=O) groups excluding carboxylic acids is 2. The van der Waals surface area contributed by atoms with E-state index in [1.54, 1.807) is 24.3 Å². The van der Waals surface area contributed by atoms with E-state index in [2.05, 4.69) is 42.7 Å². The predicted octanol–water partition coefficient (Wildman–Crippen LogP) is 3.16. The number of primary amides is 1. The summed E-state index contributed by atoms with van der Waals surface area (Å²) in [7, 11) is 0. The number of amides is 3. The Labute approximate surface area is 142 Å². The van der Waals surface area contributed by atoms with E-state index in [0.29, 0.717) is 17.8 Å². The molecule has 0 heterocycles. The third kappa shape index (κ3) is 5.12. The van der Waals surface area contributed by atoms with Gasteiger partial charge >= 0.3 is 6.03 Å². The van der Waals surface area contributed by atoms with Crippen LogP contribution in [0.2, 0.25) is 0 Å². The summed E-state index contributed by atoms with van der Waals surface area (Å²) >= 11 is 0. The van der Waals surface area contributed by atoms with Gasteiger partial charge in [-0.05, 0) is 56.0 Å². The molecule has 0 bridgehead atoms. The maximum absolute atomic E-state index is 12.2. The van der Waals surface area contributed by atoms with Crippen molar-refractivity contribution < 1.29 is 9.59 Å². The molecule has 2 aromatic carbocycles. The Kier molecular flexibility index (Phi) is 5.95. The van der Waals surface area contributed by atoms with Gasteiger partial charge in [0.2, 0.25) is 0 Å². The minimum Gasteiger partial charge on any atom is -0.352 e. The highest BCUT2D eigenvalue weighted by Crippen LogP contribution is 2.13. The third-order valence-electron chi connectivity index (χ3n) is 3.80. The summed E-state index contributed by atoms with van der Waals surface area (Å²) < 4.78 is 0. The molecule has 0 atom stereocenters. The number of urea groups is 1. The van der Waals surface area contributed by atoms with Crippen molar-refractivity contribution in [1.29, 1.82) is 0 Å². The van der Waals surface area contributed by atoms with Gasteiger partial charge in [0.25, 0.3) is 5.91 Å². The fourth-order valence-corrected chi connectivity index (χ4v) is 2.59. The lowest BCUT2D eigenvalue weighted by Crippen LogP contribution is -2.25. The summed E-state index contributed by atoms with van der Waals surface area (Å²) in [5, 5.41) is 5.36. The topological polar surface area (TPSA) is 84.2 Å². The largest absolute Gasteiger partial charge is 0.352 e.